The van der Waals surface area contributed by atoms with Crippen LogP contribution in [-0.2, 0) is 29.0 Å². The van der Waals surface area contributed by atoms with Crippen molar-refractivity contribution in [1.29, 1.82) is 0 Å². The lowest BCUT2D eigenvalue weighted by Crippen LogP contribution is -2.50. The van der Waals surface area contributed by atoms with Crippen LogP contribution in [0.1, 0.15) is 42.9 Å². The van der Waals surface area contributed by atoms with E-state index in [2.05, 4.69) is 12.2 Å². The maximum Gasteiger partial charge on any atom is 0.243 e. The van der Waals surface area contributed by atoms with Gasteiger partial charge >= 0.3 is 0 Å². The van der Waals surface area contributed by atoms with Crippen molar-refractivity contribution in [3.05, 3.63) is 95.3 Å². The van der Waals surface area contributed by atoms with Crippen LogP contribution in [0.4, 0.5) is 4.39 Å². The molecule has 37 heavy (non-hydrogen) atoms. The average Bonchev–Trinajstić information content (AvgIpc) is 3.39. The largest absolute Gasteiger partial charge is 0.454 e. The second-order valence-electron chi connectivity index (χ2n) is 9.15. The van der Waals surface area contributed by atoms with Gasteiger partial charge in [-0.1, -0.05) is 67.9 Å². The van der Waals surface area contributed by atoms with Gasteiger partial charge in [-0.15, -0.1) is 0 Å². The van der Waals surface area contributed by atoms with Gasteiger partial charge in [0.1, 0.15) is 11.9 Å². The number of ether oxygens (including phenoxy) is 2. The van der Waals surface area contributed by atoms with Crippen LogP contribution in [0.25, 0.3) is 0 Å². The minimum absolute atomic E-state index is 0.00530. The number of unbranched alkanes of at least 4 members (excludes halogenated alkanes) is 1. The van der Waals surface area contributed by atoms with Gasteiger partial charge in [0.15, 0.2) is 11.5 Å². The number of carbonyl (C=O) groups excluding carboxylic acids is 2. The van der Waals surface area contributed by atoms with Crippen molar-refractivity contribution in [1.82, 2.24) is 10.2 Å². The van der Waals surface area contributed by atoms with E-state index < -0.39 is 11.9 Å². The Morgan fingerprint density at radius 3 is 2.51 bits per heavy atom. The molecule has 1 heterocycles. The molecule has 194 valence electrons. The smallest absolute Gasteiger partial charge is 0.243 e. The fraction of sp³-hybridized carbons (Fsp3) is 0.333. The van der Waals surface area contributed by atoms with E-state index in [1.54, 1.807) is 18.2 Å². The van der Waals surface area contributed by atoms with Crippen LogP contribution in [0, 0.1) is 5.82 Å². The Morgan fingerprint density at radius 2 is 1.73 bits per heavy atom. The number of carbonyl (C=O) groups is 2. The number of hydrogen-bond donors (Lipinski definition) is 1. The number of halogens is 1. The number of nitrogens with one attached hydrogen (secondary N) is 1. The molecule has 0 aromatic heterocycles. The summed E-state index contributed by atoms with van der Waals surface area (Å²) < 4.78 is 25.5. The monoisotopic (exact) mass is 504 g/mol. The van der Waals surface area contributed by atoms with Crippen LogP contribution in [-0.4, -0.2) is 36.1 Å². The number of hydrogen-bond acceptors (Lipinski definition) is 4. The molecule has 3 aromatic carbocycles. The third-order valence-electron chi connectivity index (χ3n) is 6.46. The molecule has 0 spiro atoms. The minimum Gasteiger partial charge on any atom is -0.454 e. The van der Waals surface area contributed by atoms with Gasteiger partial charge in [-0.05, 0) is 42.2 Å². The Kier molecular flexibility index (Phi) is 9.13. The molecule has 1 unspecified atom stereocenters. The van der Waals surface area contributed by atoms with Crippen LogP contribution in [0.3, 0.4) is 0 Å². The van der Waals surface area contributed by atoms with Crippen LogP contribution in [0.15, 0.2) is 72.8 Å². The Labute approximate surface area is 217 Å². The zero-order valence-electron chi connectivity index (χ0n) is 21.1. The highest BCUT2D eigenvalue weighted by Gasteiger charge is 2.30. The van der Waals surface area contributed by atoms with Gasteiger partial charge in [0.2, 0.25) is 18.6 Å². The molecule has 7 heteroatoms. The first kappa shape index (κ1) is 26.2. The van der Waals surface area contributed by atoms with E-state index in [1.807, 2.05) is 48.5 Å². The quantitative estimate of drug-likeness (QED) is 0.351. The second kappa shape index (κ2) is 12.9. The molecular weight excluding hydrogens is 471 g/mol. The molecule has 4 rings (SSSR count). The number of aryl methyl sites for hydroxylation is 1. The Morgan fingerprint density at radius 1 is 0.973 bits per heavy atom. The topological polar surface area (TPSA) is 67.9 Å². The highest BCUT2D eigenvalue weighted by Crippen LogP contribution is 2.33. The van der Waals surface area contributed by atoms with E-state index in [1.165, 1.54) is 11.0 Å². The van der Waals surface area contributed by atoms with Crippen molar-refractivity contribution in [3.8, 4) is 11.5 Å². The van der Waals surface area contributed by atoms with Crippen LogP contribution >= 0.6 is 0 Å². The molecule has 0 aliphatic carbocycles. The summed E-state index contributed by atoms with van der Waals surface area (Å²) in [4.78, 5) is 28.6. The fourth-order valence-corrected chi connectivity index (χ4v) is 4.36. The molecular formula is C30H33FN2O4. The van der Waals surface area contributed by atoms with Gasteiger partial charge in [-0.3, -0.25) is 9.59 Å². The van der Waals surface area contributed by atoms with Gasteiger partial charge in [-0.25, -0.2) is 4.39 Å². The molecule has 3 aromatic rings. The van der Waals surface area contributed by atoms with Crippen molar-refractivity contribution in [2.45, 2.75) is 51.6 Å². The molecule has 0 saturated carbocycles. The van der Waals surface area contributed by atoms with Crippen molar-refractivity contribution in [3.63, 3.8) is 0 Å². The lowest BCUT2D eigenvalue weighted by molar-refractivity contribution is -0.141. The zero-order chi connectivity index (χ0) is 26.0. The van der Waals surface area contributed by atoms with E-state index in [4.69, 9.17) is 9.47 Å². The van der Waals surface area contributed by atoms with Crippen molar-refractivity contribution < 1.29 is 23.5 Å². The van der Waals surface area contributed by atoms with Crippen molar-refractivity contribution in [2.24, 2.45) is 0 Å². The highest BCUT2D eigenvalue weighted by molar-refractivity contribution is 5.88. The van der Waals surface area contributed by atoms with E-state index in [9.17, 15) is 14.0 Å². The van der Waals surface area contributed by atoms with Gasteiger partial charge in [-0.2, -0.15) is 0 Å². The van der Waals surface area contributed by atoms with E-state index >= 15 is 0 Å². The molecule has 1 aliphatic heterocycles. The summed E-state index contributed by atoms with van der Waals surface area (Å²) in [6.07, 6.45) is 2.75. The molecule has 0 bridgehead atoms. The number of rotatable bonds is 12. The van der Waals surface area contributed by atoms with E-state index in [-0.39, 0.29) is 31.6 Å². The number of amides is 2. The molecule has 0 radical (unpaired) electrons. The maximum absolute atomic E-state index is 14.7. The van der Waals surface area contributed by atoms with Crippen molar-refractivity contribution >= 4 is 11.8 Å². The summed E-state index contributed by atoms with van der Waals surface area (Å²) in [6.45, 7) is 2.77. The minimum atomic E-state index is -0.775. The second-order valence-corrected chi connectivity index (χ2v) is 9.15. The summed E-state index contributed by atoms with van der Waals surface area (Å²) >= 11 is 0. The first-order valence-corrected chi connectivity index (χ1v) is 12.8. The van der Waals surface area contributed by atoms with Gasteiger partial charge < -0.3 is 19.7 Å². The molecule has 1 atom stereocenters. The maximum atomic E-state index is 14.7. The van der Waals surface area contributed by atoms with Gasteiger partial charge in [0, 0.05) is 31.5 Å². The third-order valence-corrected chi connectivity index (χ3v) is 6.46. The third kappa shape index (κ3) is 7.09. The number of fused-ring (bicyclic) bond motifs is 1. The molecule has 0 fully saturated rings. The average molecular weight is 505 g/mol. The fourth-order valence-electron chi connectivity index (χ4n) is 4.36. The predicted octanol–water partition coefficient (Wildman–Crippen LogP) is 5.04. The summed E-state index contributed by atoms with van der Waals surface area (Å²) in [5, 5.41) is 2.98. The Hall–Kier alpha value is -3.87. The summed E-state index contributed by atoms with van der Waals surface area (Å²) in [7, 11) is 0. The number of benzene rings is 3. The first-order chi connectivity index (χ1) is 18.0. The molecule has 1 aliphatic rings. The molecule has 2 amide bonds. The lowest BCUT2D eigenvalue weighted by atomic mass is 10.0. The van der Waals surface area contributed by atoms with Crippen LogP contribution in [0.2, 0.25) is 0 Å². The van der Waals surface area contributed by atoms with Gasteiger partial charge in [0.05, 0.1) is 0 Å². The standard InChI is InChI=1S/C30H33FN2O4/c1-2-3-17-32-30(35)26(18-22-9-5-4-6-10-22)33(20-24-11-7-8-12-25(24)31)29(34)16-14-23-13-15-27-28(19-23)37-21-36-27/h4-13,15,19,26H,2-3,14,16-18,20-21H2,1H3,(H,32,35). The molecule has 6 nitrogen and oxygen atoms in total. The normalized spacial score (nSPS) is 12.7. The van der Waals surface area contributed by atoms with Crippen LogP contribution < -0.4 is 14.8 Å². The Bertz CT molecular complexity index is 1200. The van der Waals surface area contributed by atoms with Crippen molar-refractivity contribution in [2.75, 3.05) is 13.3 Å². The lowest BCUT2D eigenvalue weighted by Gasteiger charge is -2.32. The summed E-state index contributed by atoms with van der Waals surface area (Å²) in [5.74, 6) is 0.492. The van der Waals surface area contributed by atoms with Crippen LogP contribution in [0.5, 0.6) is 11.5 Å². The summed E-state index contributed by atoms with van der Waals surface area (Å²) in [5.41, 5.74) is 2.23. The predicted molar refractivity (Wildman–Crippen MR) is 140 cm³/mol. The van der Waals surface area contributed by atoms with E-state index in [0.29, 0.717) is 36.4 Å². The van der Waals surface area contributed by atoms with E-state index in [0.717, 1.165) is 24.0 Å². The SMILES string of the molecule is CCCCNC(=O)C(Cc1ccccc1)N(Cc1ccccc1F)C(=O)CCc1ccc2c(c1)OCO2. The Balaban J connectivity index is 1.58. The number of nitrogens with zero attached hydrogens (tertiary/aromatic N) is 1. The molecule has 0 saturated heterocycles. The highest BCUT2D eigenvalue weighted by atomic mass is 19.1. The van der Waals surface area contributed by atoms with Gasteiger partial charge in [0.25, 0.3) is 0 Å². The first-order valence-electron chi connectivity index (χ1n) is 12.8. The molecule has 1 N–H and O–H groups in total. The zero-order valence-corrected chi connectivity index (χ0v) is 21.1. The summed E-state index contributed by atoms with van der Waals surface area (Å²) in [6, 6.07) is 20.8.